The van der Waals surface area contributed by atoms with E-state index in [0.717, 1.165) is 23.2 Å². The maximum absolute atomic E-state index is 9.54. The molecule has 1 aromatic heterocycles. The zero-order valence-electron chi connectivity index (χ0n) is 19.8. The molecule has 3 nitrogen and oxygen atoms in total. The van der Waals surface area contributed by atoms with Crippen LogP contribution in [-0.4, -0.2) is 23.1 Å². The van der Waals surface area contributed by atoms with Crippen LogP contribution in [0.15, 0.2) is 85.0 Å². The molecule has 1 N–H and O–H groups in total. The number of nitrogens with zero attached hydrogens (tertiary/aromatic N) is 1. The predicted molar refractivity (Wildman–Crippen MR) is 147 cm³/mol. The van der Waals surface area contributed by atoms with Gasteiger partial charge in [0, 0.05) is 36.7 Å². The lowest BCUT2D eigenvalue weighted by atomic mass is 10.1. The number of rotatable bonds is 7. The lowest BCUT2D eigenvalue weighted by molar-refractivity contribution is -0.0773. The highest BCUT2D eigenvalue weighted by molar-refractivity contribution is 6.42. The number of allylic oxidation sites excluding steroid dienone is 4. The van der Waals surface area contributed by atoms with E-state index in [1.165, 1.54) is 23.3 Å². The minimum Gasteiger partial charge on any atom is -0.368 e. The molecule has 0 aliphatic rings. The molecule has 0 aliphatic carbocycles. The number of methoxy groups -OCH3 is 1. The molecule has 0 fully saturated rings. The van der Waals surface area contributed by atoms with E-state index in [9.17, 15) is 5.11 Å². The van der Waals surface area contributed by atoms with Crippen molar-refractivity contribution in [3.8, 4) is 11.3 Å². The Kier molecular flexibility index (Phi) is 9.79. The fourth-order valence-corrected chi connectivity index (χ4v) is 4.06. The molecule has 1 heterocycles. The molecule has 4 rings (SSSR count). The average molecular weight is 496 g/mol. The molecule has 0 amide bonds. The van der Waals surface area contributed by atoms with Crippen LogP contribution in [0.2, 0.25) is 10.0 Å². The molecule has 178 valence electrons. The zero-order valence-corrected chi connectivity index (χ0v) is 21.4. The topological polar surface area (TPSA) is 34.4 Å². The van der Waals surface area contributed by atoms with Gasteiger partial charge >= 0.3 is 0 Å². The van der Waals surface area contributed by atoms with E-state index >= 15 is 0 Å². The Labute approximate surface area is 211 Å². The fraction of sp³-hybridized carbons (Fsp3) is 0.241. The van der Waals surface area contributed by atoms with Crippen molar-refractivity contribution < 1.29 is 9.84 Å². The van der Waals surface area contributed by atoms with Gasteiger partial charge in [0.05, 0.1) is 10.0 Å². The van der Waals surface area contributed by atoms with Crippen LogP contribution in [0.1, 0.15) is 26.7 Å². The van der Waals surface area contributed by atoms with Gasteiger partial charge in [-0.1, -0.05) is 83.9 Å². The predicted octanol–water partition coefficient (Wildman–Crippen LogP) is 8.65. The van der Waals surface area contributed by atoms with Crippen LogP contribution >= 0.6 is 23.2 Å². The highest BCUT2D eigenvalue weighted by Gasteiger charge is 2.13. The van der Waals surface area contributed by atoms with Crippen molar-refractivity contribution in [1.29, 1.82) is 0 Å². The van der Waals surface area contributed by atoms with Crippen molar-refractivity contribution >= 4 is 44.9 Å². The van der Waals surface area contributed by atoms with E-state index in [2.05, 4.69) is 59.2 Å². The first-order valence-electron chi connectivity index (χ1n) is 11.4. The van der Waals surface area contributed by atoms with Crippen LogP contribution in [-0.2, 0) is 11.3 Å². The second kappa shape index (κ2) is 12.8. The molecule has 0 radical (unpaired) electrons. The normalized spacial score (nSPS) is 12.5. The summed E-state index contributed by atoms with van der Waals surface area (Å²) in [5.74, 6) is 0. The minimum absolute atomic E-state index is 0.542. The fourth-order valence-electron chi connectivity index (χ4n) is 3.76. The minimum atomic E-state index is -0.722. The summed E-state index contributed by atoms with van der Waals surface area (Å²) in [5.41, 5.74) is 3.27. The molecular formula is C29H31Cl2NO2. The average Bonchev–Trinajstić information content (AvgIpc) is 3.24. The summed E-state index contributed by atoms with van der Waals surface area (Å²) in [4.78, 5) is 0. The molecule has 0 saturated carbocycles. The van der Waals surface area contributed by atoms with Crippen LogP contribution in [0.4, 0.5) is 0 Å². The Hall–Kier alpha value is -2.56. The number of hydrogen-bond acceptors (Lipinski definition) is 2. The summed E-state index contributed by atoms with van der Waals surface area (Å²) >= 11 is 12.4. The summed E-state index contributed by atoms with van der Waals surface area (Å²) in [6.45, 7) is 4.71. The second-order valence-corrected chi connectivity index (χ2v) is 8.71. The maximum Gasteiger partial charge on any atom is 0.154 e. The number of aliphatic hydroxyl groups is 1. The monoisotopic (exact) mass is 495 g/mol. The van der Waals surface area contributed by atoms with Crippen LogP contribution in [0.5, 0.6) is 0 Å². The molecule has 0 spiro atoms. The van der Waals surface area contributed by atoms with Gasteiger partial charge in [-0.15, -0.1) is 0 Å². The maximum atomic E-state index is 9.54. The molecule has 3 aromatic carbocycles. The van der Waals surface area contributed by atoms with Gasteiger partial charge in [0.15, 0.2) is 6.29 Å². The highest BCUT2D eigenvalue weighted by Crippen LogP contribution is 2.35. The van der Waals surface area contributed by atoms with Crippen LogP contribution in [0.25, 0.3) is 32.9 Å². The number of aliphatic hydroxyl groups excluding tert-OH is 1. The van der Waals surface area contributed by atoms with Crippen LogP contribution in [0.3, 0.4) is 0 Å². The van der Waals surface area contributed by atoms with Crippen molar-refractivity contribution in [2.24, 2.45) is 0 Å². The van der Waals surface area contributed by atoms with Crippen molar-refractivity contribution in [2.45, 2.75) is 39.5 Å². The molecule has 1 unspecified atom stereocenters. The SMILES string of the molecule is C/C=C\C.COC(O)CC/C=C/Cn1c(-c2ccc(Cl)c(Cl)c2)cc2c3ccccc3ccc21. The lowest BCUT2D eigenvalue weighted by Crippen LogP contribution is -2.07. The zero-order chi connectivity index (χ0) is 24.5. The number of fused-ring (bicyclic) bond motifs is 3. The Morgan fingerprint density at radius 1 is 0.912 bits per heavy atom. The van der Waals surface area contributed by atoms with Crippen LogP contribution in [0, 0.1) is 0 Å². The van der Waals surface area contributed by atoms with Gasteiger partial charge in [-0.05, 0) is 60.9 Å². The lowest BCUT2D eigenvalue weighted by Gasteiger charge is -2.10. The van der Waals surface area contributed by atoms with Crippen molar-refractivity contribution in [2.75, 3.05) is 7.11 Å². The van der Waals surface area contributed by atoms with Gasteiger partial charge < -0.3 is 14.4 Å². The van der Waals surface area contributed by atoms with Crippen molar-refractivity contribution in [3.05, 3.63) is 95.0 Å². The first-order valence-corrected chi connectivity index (χ1v) is 12.1. The number of halogens is 2. The summed E-state index contributed by atoms with van der Waals surface area (Å²) < 4.78 is 7.17. The Bertz CT molecular complexity index is 1290. The third kappa shape index (κ3) is 6.31. The summed E-state index contributed by atoms with van der Waals surface area (Å²) in [5, 5.41) is 14.3. The molecule has 0 aliphatic heterocycles. The van der Waals surface area contributed by atoms with Gasteiger partial charge in [-0.2, -0.15) is 0 Å². The number of hydrogen-bond donors (Lipinski definition) is 1. The molecule has 5 heteroatoms. The van der Waals surface area contributed by atoms with Gasteiger partial charge in [-0.25, -0.2) is 0 Å². The van der Waals surface area contributed by atoms with Gasteiger partial charge in [0.25, 0.3) is 0 Å². The summed E-state index contributed by atoms with van der Waals surface area (Å²) in [6.07, 6.45) is 8.80. The van der Waals surface area contributed by atoms with Crippen molar-refractivity contribution in [1.82, 2.24) is 4.57 Å². The van der Waals surface area contributed by atoms with E-state index in [1.54, 1.807) is 0 Å². The standard InChI is InChI=1S/C25H23Cl2NO2.C4H8/c1-30-25(29)9-3-2-6-14-28-23-13-11-17-7-4-5-8-19(17)20(23)16-24(28)18-10-12-21(26)22(27)15-18;1-3-4-2/h2,4-8,10-13,15-16,25,29H,3,9,14H2,1H3;3-4H,1-2H3/b6-2+;4-3-. The molecule has 0 bridgehead atoms. The van der Waals surface area contributed by atoms with E-state index in [4.69, 9.17) is 27.9 Å². The smallest absolute Gasteiger partial charge is 0.154 e. The largest absolute Gasteiger partial charge is 0.368 e. The first kappa shape index (κ1) is 26.1. The van der Waals surface area contributed by atoms with Crippen molar-refractivity contribution in [3.63, 3.8) is 0 Å². The Balaban J connectivity index is 0.000000751. The molecule has 0 saturated heterocycles. The third-order valence-electron chi connectivity index (χ3n) is 5.67. The van der Waals surface area contributed by atoms with Gasteiger partial charge in [0.2, 0.25) is 0 Å². The van der Waals surface area contributed by atoms with Crippen LogP contribution < -0.4 is 0 Å². The highest BCUT2D eigenvalue weighted by atomic mass is 35.5. The Morgan fingerprint density at radius 2 is 1.68 bits per heavy atom. The molecule has 4 aromatic rings. The van der Waals surface area contributed by atoms with E-state index in [1.807, 2.05) is 44.2 Å². The Morgan fingerprint density at radius 3 is 2.38 bits per heavy atom. The quantitative estimate of drug-likeness (QED) is 0.205. The number of ether oxygens (including phenoxy) is 1. The van der Waals surface area contributed by atoms with Gasteiger partial charge in [-0.3, -0.25) is 0 Å². The molecular weight excluding hydrogens is 465 g/mol. The number of benzene rings is 3. The molecule has 1 atom stereocenters. The molecule has 34 heavy (non-hydrogen) atoms. The van der Waals surface area contributed by atoms with Gasteiger partial charge in [0.1, 0.15) is 0 Å². The second-order valence-electron chi connectivity index (χ2n) is 7.89. The third-order valence-corrected chi connectivity index (χ3v) is 6.41. The first-order chi connectivity index (χ1) is 16.5. The number of aromatic nitrogens is 1. The summed E-state index contributed by atoms with van der Waals surface area (Å²) in [7, 11) is 1.51. The van der Waals surface area contributed by atoms with E-state index in [-0.39, 0.29) is 0 Å². The van der Waals surface area contributed by atoms with E-state index < -0.39 is 6.29 Å². The van der Waals surface area contributed by atoms with E-state index in [0.29, 0.717) is 23.0 Å². The summed E-state index contributed by atoms with van der Waals surface area (Å²) in [6, 6.07) is 20.7.